The van der Waals surface area contributed by atoms with E-state index < -0.39 is 4.92 Å². The molecule has 39 heavy (non-hydrogen) atoms. The highest BCUT2D eigenvalue weighted by Crippen LogP contribution is 2.35. The van der Waals surface area contributed by atoms with Gasteiger partial charge < -0.3 is 4.74 Å². The van der Waals surface area contributed by atoms with E-state index in [0.29, 0.717) is 45.7 Å². The number of nitrogens with zero attached hydrogens (tertiary/aromatic N) is 4. The van der Waals surface area contributed by atoms with E-state index in [1.54, 1.807) is 34.7 Å². The molecule has 8 nitrogen and oxygen atoms in total. The summed E-state index contributed by atoms with van der Waals surface area (Å²) in [6.45, 7) is 2.58. The number of carbonyl (C=O) groups is 1. The fourth-order valence-electron chi connectivity index (χ4n) is 4.23. The zero-order valence-corrected chi connectivity index (χ0v) is 22.7. The second-order valence-electron chi connectivity index (χ2n) is 8.64. The predicted molar refractivity (Wildman–Crippen MR) is 157 cm³/mol. The summed E-state index contributed by atoms with van der Waals surface area (Å²) < 4.78 is 7.65. The van der Waals surface area contributed by atoms with E-state index in [4.69, 9.17) is 22.1 Å². The van der Waals surface area contributed by atoms with Gasteiger partial charge >= 0.3 is 5.69 Å². The van der Waals surface area contributed by atoms with Crippen LogP contribution in [-0.4, -0.2) is 43.0 Å². The average molecular weight is 557 g/mol. The zero-order valence-electron chi connectivity index (χ0n) is 21.0. The first-order valence-electron chi connectivity index (χ1n) is 12.3. The normalized spacial score (nSPS) is 14.3. The van der Waals surface area contributed by atoms with Crippen LogP contribution in [0.5, 0.6) is 5.75 Å². The van der Waals surface area contributed by atoms with Gasteiger partial charge in [0.2, 0.25) is 0 Å². The van der Waals surface area contributed by atoms with E-state index in [2.05, 4.69) is 0 Å². The Kier molecular flexibility index (Phi) is 7.85. The SMILES string of the molecule is CCOc1ccc(-c2cc(C=C3SC(=S)N(CCc4ccccc4)C3=O)n(-c3ccccc3)n2)cc1[N+](=O)[O-]. The molecule has 1 saturated heterocycles. The number of benzene rings is 3. The van der Waals surface area contributed by atoms with E-state index in [-0.39, 0.29) is 17.3 Å². The van der Waals surface area contributed by atoms with E-state index in [1.807, 2.05) is 66.7 Å². The lowest BCUT2D eigenvalue weighted by atomic mass is 10.1. The van der Waals surface area contributed by atoms with E-state index >= 15 is 0 Å². The van der Waals surface area contributed by atoms with Crippen LogP contribution in [0.25, 0.3) is 23.0 Å². The number of amides is 1. The molecule has 0 unspecified atom stereocenters. The highest BCUT2D eigenvalue weighted by atomic mass is 32.2. The van der Waals surface area contributed by atoms with Gasteiger partial charge in [-0.05, 0) is 55.3 Å². The molecule has 0 spiro atoms. The number of para-hydroxylation sites is 1. The molecule has 1 aliphatic heterocycles. The molecule has 0 N–H and O–H groups in total. The number of ether oxygens (including phenoxy) is 1. The maximum absolute atomic E-state index is 13.3. The van der Waals surface area contributed by atoms with Gasteiger partial charge in [-0.2, -0.15) is 5.10 Å². The summed E-state index contributed by atoms with van der Waals surface area (Å²) in [6, 6.07) is 26.0. The van der Waals surface area contributed by atoms with Gasteiger partial charge in [-0.15, -0.1) is 0 Å². The number of nitro benzene ring substituents is 1. The van der Waals surface area contributed by atoms with Crippen LogP contribution in [0.15, 0.2) is 89.8 Å². The molecule has 1 fully saturated rings. The van der Waals surface area contributed by atoms with Gasteiger partial charge in [0.25, 0.3) is 5.91 Å². The summed E-state index contributed by atoms with van der Waals surface area (Å²) in [6.07, 6.45) is 2.47. The van der Waals surface area contributed by atoms with E-state index in [0.717, 1.165) is 11.3 Å². The summed E-state index contributed by atoms with van der Waals surface area (Å²) in [4.78, 5) is 26.6. The van der Waals surface area contributed by atoms with Gasteiger partial charge in [-0.25, -0.2) is 4.68 Å². The summed E-state index contributed by atoms with van der Waals surface area (Å²) in [5, 5.41) is 16.4. The smallest absolute Gasteiger partial charge is 0.311 e. The minimum absolute atomic E-state index is 0.135. The first kappa shape index (κ1) is 26.3. The lowest BCUT2D eigenvalue weighted by molar-refractivity contribution is -0.385. The van der Waals surface area contributed by atoms with Crippen molar-refractivity contribution in [2.75, 3.05) is 13.2 Å². The van der Waals surface area contributed by atoms with E-state index in [9.17, 15) is 14.9 Å². The molecule has 0 bridgehead atoms. The Morgan fingerprint density at radius 2 is 1.77 bits per heavy atom. The second-order valence-corrected chi connectivity index (χ2v) is 10.3. The van der Waals surface area contributed by atoms with Crippen molar-refractivity contribution in [3.63, 3.8) is 0 Å². The van der Waals surface area contributed by atoms with Crippen LogP contribution in [0.1, 0.15) is 18.2 Å². The molecule has 1 aliphatic rings. The summed E-state index contributed by atoms with van der Waals surface area (Å²) in [7, 11) is 0. The Bertz CT molecular complexity index is 1570. The van der Waals surface area contributed by atoms with Crippen LogP contribution in [-0.2, 0) is 11.2 Å². The van der Waals surface area contributed by atoms with Crippen LogP contribution >= 0.6 is 24.0 Å². The lowest BCUT2D eigenvalue weighted by Gasteiger charge is -2.14. The molecule has 1 amide bonds. The maximum Gasteiger partial charge on any atom is 0.311 e. The topological polar surface area (TPSA) is 90.5 Å². The van der Waals surface area contributed by atoms with Gasteiger partial charge in [0, 0.05) is 18.2 Å². The standard InChI is InChI=1S/C29H24N4O4S2/c1-2-37-26-14-13-21(17-25(26)33(35)36)24-18-23(32(30-24)22-11-7-4-8-12-22)19-27-28(34)31(29(38)39-27)16-15-20-9-5-3-6-10-20/h3-14,17-19H,2,15-16H2,1H3. The number of thioether (sulfide) groups is 1. The predicted octanol–water partition coefficient (Wildman–Crippen LogP) is 6.29. The third-order valence-electron chi connectivity index (χ3n) is 6.11. The number of carbonyl (C=O) groups excluding carboxylic acids is 1. The molecule has 0 radical (unpaired) electrons. The molecule has 0 aliphatic carbocycles. The Hall–Kier alpha value is -4.28. The monoisotopic (exact) mass is 556 g/mol. The van der Waals surface area contributed by atoms with Crippen molar-refractivity contribution >= 4 is 46.0 Å². The Morgan fingerprint density at radius 3 is 2.46 bits per heavy atom. The van der Waals surface area contributed by atoms with Crippen molar-refractivity contribution in [1.29, 1.82) is 0 Å². The largest absolute Gasteiger partial charge is 0.487 e. The van der Waals surface area contributed by atoms with Crippen LogP contribution in [0.2, 0.25) is 0 Å². The first-order valence-corrected chi connectivity index (χ1v) is 13.5. The quantitative estimate of drug-likeness (QED) is 0.104. The fourth-order valence-corrected chi connectivity index (χ4v) is 5.52. The Morgan fingerprint density at radius 1 is 1.05 bits per heavy atom. The van der Waals surface area contributed by atoms with Crippen LogP contribution in [0.4, 0.5) is 5.69 Å². The highest BCUT2D eigenvalue weighted by Gasteiger charge is 2.32. The summed E-state index contributed by atoms with van der Waals surface area (Å²) >= 11 is 6.79. The molecule has 0 saturated carbocycles. The van der Waals surface area contributed by atoms with Gasteiger partial charge in [-0.3, -0.25) is 19.8 Å². The van der Waals surface area contributed by atoms with Crippen molar-refractivity contribution in [3.05, 3.63) is 111 Å². The molecule has 2 heterocycles. The Balaban J connectivity index is 1.50. The van der Waals surface area contributed by atoms with Crippen LogP contribution in [0, 0.1) is 10.1 Å². The van der Waals surface area contributed by atoms with Crippen molar-refractivity contribution in [2.24, 2.45) is 0 Å². The number of rotatable bonds is 9. The zero-order chi connectivity index (χ0) is 27.4. The lowest BCUT2D eigenvalue weighted by Crippen LogP contribution is -2.30. The third-order valence-corrected chi connectivity index (χ3v) is 7.49. The minimum Gasteiger partial charge on any atom is -0.487 e. The van der Waals surface area contributed by atoms with Crippen molar-refractivity contribution in [1.82, 2.24) is 14.7 Å². The second kappa shape index (κ2) is 11.6. The summed E-state index contributed by atoms with van der Waals surface area (Å²) in [5.74, 6) is 0.0492. The van der Waals surface area contributed by atoms with Crippen molar-refractivity contribution < 1.29 is 14.5 Å². The third kappa shape index (κ3) is 5.76. The number of hydrogen-bond acceptors (Lipinski definition) is 7. The molecule has 196 valence electrons. The maximum atomic E-state index is 13.3. The molecule has 3 aromatic carbocycles. The number of nitro groups is 1. The minimum atomic E-state index is -0.468. The molecule has 0 atom stereocenters. The molecule has 1 aromatic heterocycles. The molecule has 10 heteroatoms. The number of aromatic nitrogens is 2. The highest BCUT2D eigenvalue weighted by molar-refractivity contribution is 8.26. The van der Waals surface area contributed by atoms with Crippen LogP contribution in [0.3, 0.4) is 0 Å². The first-order chi connectivity index (χ1) is 18.9. The molecular weight excluding hydrogens is 532 g/mol. The van der Waals surface area contributed by atoms with Crippen molar-refractivity contribution in [3.8, 4) is 22.7 Å². The summed E-state index contributed by atoms with van der Waals surface area (Å²) in [5.41, 5.74) is 3.52. The number of hydrogen-bond donors (Lipinski definition) is 0. The molecule has 4 aromatic rings. The molecular formula is C29H24N4O4S2. The van der Waals surface area contributed by atoms with Crippen LogP contribution < -0.4 is 4.74 Å². The van der Waals surface area contributed by atoms with Gasteiger partial charge in [0.15, 0.2) is 5.75 Å². The van der Waals surface area contributed by atoms with E-state index in [1.165, 1.54) is 17.8 Å². The van der Waals surface area contributed by atoms with Crippen molar-refractivity contribution in [2.45, 2.75) is 13.3 Å². The molecule has 5 rings (SSSR count). The van der Waals surface area contributed by atoms with Gasteiger partial charge in [0.1, 0.15) is 4.32 Å². The van der Waals surface area contributed by atoms with Gasteiger partial charge in [0.05, 0.1) is 33.5 Å². The average Bonchev–Trinajstić information content (AvgIpc) is 3.49. The Labute approximate surface area is 235 Å². The van der Waals surface area contributed by atoms with Gasteiger partial charge in [-0.1, -0.05) is 72.5 Å². The fraction of sp³-hybridized carbons (Fsp3) is 0.138. The number of thiocarbonyl (C=S) groups is 1.